The number of nitro benzene ring substituents is 1. The van der Waals surface area contributed by atoms with Crippen molar-refractivity contribution in [1.82, 2.24) is 5.43 Å². The lowest BCUT2D eigenvalue weighted by molar-refractivity contribution is -0.384. The summed E-state index contributed by atoms with van der Waals surface area (Å²) in [6, 6.07) is 9.37. The summed E-state index contributed by atoms with van der Waals surface area (Å²) in [5.74, 6) is -1.03. The van der Waals surface area contributed by atoms with Crippen LogP contribution in [0.2, 0.25) is 0 Å². The molecule has 8 heteroatoms. The number of nitrogens with zero attached hydrogens (tertiary/aromatic N) is 2. The largest absolute Gasteiger partial charge is 0.271 e. The van der Waals surface area contributed by atoms with Crippen molar-refractivity contribution >= 4 is 33.7 Å². The number of hydrazone groups is 1. The molecule has 0 heterocycles. The number of hydrogen-bond donors (Lipinski definition) is 1. The Balaban J connectivity index is 2.04. The Kier molecular flexibility index (Phi) is 4.95. The summed E-state index contributed by atoms with van der Waals surface area (Å²) in [5.41, 5.74) is 2.52. The van der Waals surface area contributed by atoms with Crippen LogP contribution in [-0.2, 0) is 0 Å². The molecular formula is C14H9BrFN3O3. The fourth-order valence-corrected chi connectivity index (χ4v) is 1.95. The lowest BCUT2D eigenvalue weighted by atomic mass is 10.2. The Morgan fingerprint density at radius 1 is 1.27 bits per heavy atom. The first-order chi connectivity index (χ1) is 10.5. The number of non-ortho nitro benzene ring substituents is 1. The highest BCUT2D eigenvalue weighted by Gasteiger charge is 2.08. The van der Waals surface area contributed by atoms with Gasteiger partial charge in [-0.3, -0.25) is 14.9 Å². The van der Waals surface area contributed by atoms with Crippen molar-refractivity contribution in [3.05, 3.63) is 74.0 Å². The second kappa shape index (κ2) is 6.90. The molecule has 6 nitrogen and oxygen atoms in total. The quantitative estimate of drug-likeness (QED) is 0.512. The number of carbonyl (C=O) groups excluding carboxylic acids is 1. The van der Waals surface area contributed by atoms with Gasteiger partial charge in [0.15, 0.2) is 0 Å². The maximum absolute atomic E-state index is 13.4. The zero-order valence-electron chi connectivity index (χ0n) is 11.0. The van der Waals surface area contributed by atoms with Gasteiger partial charge in [0.05, 0.1) is 11.1 Å². The van der Waals surface area contributed by atoms with Crippen LogP contribution in [0.4, 0.5) is 10.1 Å². The van der Waals surface area contributed by atoms with Gasteiger partial charge in [0, 0.05) is 27.7 Å². The van der Waals surface area contributed by atoms with Gasteiger partial charge >= 0.3 is 0 Å². The number of halogens is 2. The molecule has 0 aliphatic carbocycles. The normalized spacial score (nSPS) is 10.6. The van der Waals surface area contributed by atoms with E-state index >= 15 is 0 Å². The van der Waals surface area contributed by atoms with Gasteiger partial charge in [0.1, 0.15) is 5.82 Å². The maximum Gasteiger partial charge on any atom is 0.271 e. The number of carbonyl (C=O) groups is 1. The average Bonchev–Trinajstić information content (AvgIpc) is 2.50. The monoisotopic (exact) mass is 365 g/mol. The number of rotatable bonds is 4. The van der Waals surface area contributed by atoms with Crippen molar-refractivity contribution < 1.29 is 14.1 Å². The predicted octanol–water partition coefficient (Wildman–Crippen LogP) is 3.26. The fraction of sp³-hybridized carbons (Fsp3) is 0. The van der Waals surface area contributed by atoms with Crippen LogP contribution in [-0.4, -0.2) is 17.0 Å². The van der Waals surface area contributed by atoms with E-state index < -0.39 is 16.6 Å². The summed E-state index contributed by atoms with van der Waals surface area (Å²) in [5, 5.41) is 14.2. The van der Waals surface area contributed by atoms with E-state index in [2.05, 4.69) is 26.5 Å². The molecule has 2 aromatic rings. The third kappa shape index (κ3) is 3.95. The summed E-state index contributed by atoms with van der Waals surface area (Å²) in [4.78, 5) is 21.7. The van der Waals surface area contributed by atoms with Gasteiger partial charge in [-0.1, -0.05) is 15.9 Å². The molecule has 0 bridgehead atoms. The SMILES string of the molecule is O=C(N/N=C\c1cc(Br)ccc1F)c1ccc([N+](=O)[O-])cc1. The first-order valence-corrected chi connectivity index (χ1v) is 6.79. The molecule has 0 aromatic heterocycles. The van der Waals surface area contributed by atoms with E-state index in [-0.39, 0.29) is 16.8 Å². The molecule has 112 valence electrons. The first-order valence-electron chi connectivity index (χ1n) is 6.00. The van der Waals surface area contributed by atoms with Gasteiger partial charge in [-0.05, 0) is 30.3 Å². The van der Waals surface area contributed by atoms with Crippen LogP contribution in [0.1, 0.15) is 15.9 Å². The molecule has 0 atom stereocenters. The first kappa shape index (κ1) is 15.8. The summed E-state index contributed by atoms with van der Waals surface area (Å²) in [6.45, 7) is 0. The van der Waals surface area contributed by atoms with Crippen LogP contribution < -0.4 is 5.43 Å². The van der Waals surface area contributed by atoms with Gasteiger partial charge in [-0.2, -0.15) is 5.10 Å². The number of nitro groups is 1. The second-order valence-electron chi connectivity index (χ2n) is 4.17. The highest BCUT2D eigenvalue weighted by atomic mass is 79.9. The molecule has 0 fully saturated rings. The summed E-state index contributed by atoms with van der Waals surface area (Å²) in [6.07, 6.45) is 1.17. The van der Waals surface area contributed by atoms with Gasteiger partial charge in [0.25, 0.3) is 11.6 Å². The third-order valence-corrected chi connectivity index (χ3v) is 3.16. The van der Waals surface area contributed by atoms with Crippen molar-refractivity contribution in [2.24, 2.45) is 5.10 Å². The van der Waals surface area contributed by atoms with E-state index in [1.54, 1.807) is 6.07 Å². The molecule has 2 rings (SSSR count). The highest BCUT2D eigenvalue weighted by molar-refractivity contribution is 9.10. The summed E-state index contributed by atoms with van der Waals surface area (Å²) in [7, 11) is 0. The van der Waals surface area contributed by atoms with Crippen molar-refractivity contribution in [3.63, 3.8) is 0 Å². The lowest BCUT2D eigenvalue weighted by Gasteiger charge is -2.00. The average molecular weight is 366 g/mol. The predicted molar refractivity (Wildman–Crippen MR) is 82.3 cm³/mol. The molecule has 1 amide bonds. The molecule has 0 unspecified atom stereocenters. The van der Waals surface area contributed by atoms with Crippen molar-refractivity contribution in [2.75, 3.05) is 0 Å². The molecule has 22 heavy (non-hydrogen) atoms. The van der Waals surface area contributed by atoms with Gasteiger partial charge in [-0.15, -0.1) is 0 Å². The zero-order chi connectivity index (χ0) is 16.1. The maximum atomic E-state index is 13.4. The van der Waals surface area contributed by atoms with Gasteiger partial charge < -0.3 is 0 Å². The van der Waals surface area contributed by atoms with E-state index in [0.29, 0.717) is 4.47 Å². The van der Waals surface area contributed by atoms with E-state index in [9.17, 15) is 19.3 Å². The van der Waals surface area contributed by atoms with Crippen LogP contribution >= 0.6 is 15.9 Å². The molecular weight excluding hydrogens is 357 g/mol. The molecule has 0 saturated carbocycles. The van der Waals surface area contributed by atoms with E-state index in [4.69, 9.17) is 0 Å². The Morgan fingerprint density at radius 2 is 1.95 bits per heavy atom. The Hall–Kier alpha value is -2.61. The van der Waals surface area contributed by atoms with E-state index in [0.717, 1.165) is 0 Å². The molecule has 0 spiro atoms. The van der Waals surface area contributed by atoms with Crippen molar-refractivity contribution in [2.45, 2.75) is 0 Å². The topological polar surface area (TPSA) is 84.6 Å². The third-order valence-electron chi connectivity index (χ3n) is 2.67. The van der Waals surface area contributed by atoms with Crippen LogP contribution in [0.15, 0.2) is 52.0 Å². The Labute approximate surface area is 132 Å². The Morgan fingerprint density at radius 3 is 2.59 bits per heavy atom. The van der Waals surface area contributed by atoms with Gasteiger partial charge in [-0.25, -0.2) is 9.82 Å². The van der Waals surface area contributed by atoms with E-state index in [1.807, 2.05) is 0 Å². The zero-order valence-corrected chi connectivity index (χ0v) is 12.6. The molecule has 0 aliphatic rings. The minimum atomic E-state index is -0.560. The molecule has 0 radical (unpaired) electrons. The molecule has 1 N–H and O–H groups in total. The molecule has 0 saturated heterocycles. The molecule has 2 aromatic carbocycles. The molecule has 0 aliphatic heterocycles. The van der Waals surface area contributed by atoms with Gasteiger partial charge in [0.2, 0.25) is 0 Å². The van der Waals surface area contributed by atoms with Crippen LogP contribution in [0.3, 0.4) is 0 Å². The fourth-order valence-electron chi connectivity index (χ4n) is 1.57. The second-order valence-corrected chi connectivity index (χ2v) is 5.08. The lowest BCUT2D eigenvalue weighted by Crippen LogP contribution is -2.17. The number of nitrogens with one attached hydrogen (secondary N) is 1. The minimum Gasteiger partial charge on any atom is -0.267 e. The Bertz CT molecular complexity index is 747. The highest BCUT2D eigenvalue weighted by Crippen LogP contribution is 2.14. The van der Waals surface area contributed by atoms with Crippen molar-refractivity contribution in [1.29, 1.82) is 0 Å². The van der Waals surface area contributed by atoms with Crippen LogP contribution in [0, 0.1) is 15.9 Å². The smallest absolute Gasteiger partial charge is 0.267 e. The minimum absolute atomic E-state index is 0.115. The summed E-state index contributed by atoms with van der Waals surface area (Å²) >= 11 is 3.20. The standard InChI is InChI=1S/C14H9BrFN3O3/c15-11-3-6-13(16)10(7-11)8-17-18-14(20)9-1-4-12(5-2-9)19(21)22/h1-8H,(H,18,20)/b17-8-. The number of benzene rings is 2. The number of amides is 1. The van der Waals surface area contributed by atoms with E-state index in [1.165, 1.54) is 42.6 Å². The van der Waals surface area contributed by atoms with Crippen molar-refractivity contribution in [3.8, 4) is 0 Å². The van der Waals surface area contributed by atoms with Crippen LogP contribution in [0.25, 0.3) is 0 Å². The van der Waals surface area contributed by atoms with Crippen LogP contribution in [0.5, 0.6) is 0 Å². The number of hydrogen-bond acceptors (Lipinski definition) is 4. The summed E-state index contributed by atoms with van der Waals surface area (Å²) < 4.78 is 14.1.